The number of ether oxygens (including phenoxy) is 1. The maximum Gasteiger partial charge on any atom is 0.117 e. The summed E-state index contributed by atoms with van der Waals surface area (Å²) < 4.78 is 5.23. The smallest absolute Gasteiger partial charge is 0.117 e. The van der Waals surface area contributed by atoms with E-state index in [0.717, 1.165) is 6.42 Å². The van der Waals surface area contributed by atoms with E-state index in [-0.39, 0.29) is 11.9 Å². The Morgan fingerprint density at radius 3 is 2.82 bits per heavy atom. The third-order valence-electron chi connectivity index (χ3n) is 1.39. The zero-order valence-electron chi connectivity index (χ0n) is 7.05. The molecule has 0 aliphatic carbocycles. The van der Waals surface area contributed by atoms with Gasteiger partial charge in [-0.25, -0.2) is 0 Å². The van der Waals surface area contributed by atoms with Crippen LogP contribution in [0.5, 0.6) is 0 Å². The summed E-state index contributed by atoms with van der Waals surface area (Å²) in [4.78, 5) is 0. The van der Waals surface area contributed by atoms with Gasteiger partial charge >= 0.3 is 0 Å². The molecule has 0 rings (SSSR count). The largest absolute Gasteiger partial charge is 0.379 e. The van der Waals surface area contributed by atoms with Crippen molar-refractivity contribution in [1.82, 2.24) is 5.48 Å². The van der Waals surface area contributed by atoms with Gasteiger partial charge in [-0.15, -0.1) is 0 Å². The highest BCUT2D eigenvalue weighted by atomic mass is 16.5. The molecule has 0 aromatic heterocycles. The molecule has 3 N–H and O–H groups in total. The Bertz CT molecular complexity index is 117. The van der Waals surface area contributed by atoms with Crippen LogP contribution in [0.2, 0.25) is 0 Å². The van der Waals surface area contributed by atoms with Crippen LogP contribution < -0.4 is 5.48 Å². The molecule has 4 heteroatoms. The Morgan fingerprint density at radius 1 is 1.73 bits per heavy atom. The molecule has 11 heavy (non-hydrogen) atoms. The summed E-state index contributed by atoms with van der Waals surface area (Å²) in [5.41, 5.74) is 1.79. The minimum Gasteiger partial charge on any atom is -0.379 e. The lowest BCUT2D eigenvalue weighted by atomic mass is 10.2. The van der Waals surface area contributed by atoms with E-state index in [0.29, 0.717) is 13.0 Å². The van der Waals surface area contributed by atoms with E-state index < -0.39 is 0 Å². The van der Waals surface area contributed by atoms with Gasteiger partial charge in [-0.1, -0.05) is 0 Å². The predicted octanol–water partition coefficient (Wildman–Crippen LogP) is 1.15. The van der Waals surface area contributed by atoms with Crippen LogP contribution in [0.1, 0.15) is 26.7 Å². The lowest BCUT2D eigenvalue weighted by Gasteiger charge is -2.10. The number of hydroxylamine groups is 1. The zero-order chi connectivity index (χ0) is 8.69. The van der Waals surface area contributed by atoms with Gasteiger partial charge in [0.15, 0.2) is 0 Å². The molecule has 0 aromatic rings. The van der Waals surface area contributed by atoms with Crippen molar-refractivity contribution in [3.05, 3.63) is 0 Å². The molecule has 1 atom stereocenters. The summed E-state index contributed by atoms with van der Waals surface area (Å²) in [6.45, 7) is 4.58. The molecule has 0 radical (unpaired) electrons. The van der Waals surface area contributed by atoms with E-state index in [9.17, 15) is 0 Å². The number of rotatable bonds is 5. The van der Waals surface area contributed by atoms with Crippen LogP contribution in [0.25, 0.3) is 0 Å². The van der Waals surface area contributed by atoms with Crippen molar-refractivity contribution in [2.45, 2.75) is 32.8 Å². The maximum absolute atomic E-state index is 8.26. The second-order valence-corrected chi connectivity index (χ2v) is 2.39. The van der Waals surface area contributed by atoms with Gasteiger partial charge in [0.1, 0.15) is 5.84 Å². The van der Waals surface area contributed by atoms with Crippen molar-refractivity contribution in [2.75, 3.05) is 6.61 Å². The standard InChI is InChI=1S/C7H16N2O2/c1-3-11-6(2)4-5-7(8)9-10/h6,10H,3-5H2,1-2H3,(H2,8,9). The molecule has 4 nitrogen and oxygen atoms in total. The van der Waals surface area contributed by atoms with Crippen LogP contribution in [0, 0.1) is 5.41 Å². The van der Waals surface area contributed by atoms with E-state index in [1.54, 1.807) is 5.48 Å². The summed E-state index contributed by atoms with van der Waals surface area (Å²) in [5, 5.41) is 15.3. The molecule has 0 amide bonds. The zero-order valence-corrected chi connectivity index (χ0v) is 7.05. The first kappa shape index (κ1) is 10.4. The van der Waals surface area contributed by atoms with E-state index in [4.69, 9.17) is 15.4 Å². The minimum absolute atomic E-state index is 0.136. The molecule has 0 bridgehead atoms. The average molecular weight is 160 g/mol. The van der Waals surface area contributed by atoms with Gasteiger partial charge in [0.25, 0.3) is 0 Å². The fraction of sp³-hybridized carbons (Fsp3) is 0.857. The second kappa shape index (κ2) is 6.12. The Hall–Kier alpha value is -0.610. The van der Waals surface area contributed by atoms with Crippen molar-refractivity contribution in [3.63, 3.8) is 0 Å². The molecule has 0 aliphatic rings. The SMILES string of the molecule is CCOC(C)CCC(=N)NO. The topological polar surface area (TPSA) is 65.3 Å². The third-order valence-corrected chi connectivity index (χ3v) is 1.39. The predicted molar refractivity (Wildman–Crippen MR) is 43.0 cm³/mol. The second-order valence-electron chi connectivity index (χ2n) is 2.39. The molecule has 0 saturated carbocycles. The van der Waals surface area contributed by atoms with Crippen LogP contribution >= 0.6 is 0 Å². The van der Waals surface area contributed by atoms with Gasteiger partial charge in [-0.2, -0.15) is 0 Å². The van der Waals surface area contributed by atoms with E-state index in [1.807, 2.05) is 13.8 Å². The summed E-state index contributed by atoms with van der Waals surface area (Å²) in [6, 6.07) is 0. The van der Waals surface area contributed by atoms with Gasteiger partial charge in [-0.05, 0) is 20.3 Å². The molecule has 0 fully saturated rings. The van der Waals surface area contributed by atoms with Crippen molar-refractivity contribution in [2.24, 2.45) is 0 Å². The van der Waals surface area contributed by atoms with Gasteiger partial charge in [0.05, 0.1) is 6.10 Å². The molecule has 1 unspecified atom stereocenters. The van der Waals surface area contributed by atoms with E-state index in [2.05, 4.69) is 0 Å². The van der Waals surface area contributed by atoms with Crippen molar-refractivity contribution in [3.8, 4) is 0 Å². The molecule has 0 aromatic carbocycles. The molecular formula is C7H16N2O2. The first-order valence-corrected chi connectivity index (χ1v) is 3.79. The molecule has 0 spiro atoms. The van der Waals surface area contributed by atoms with Crippen LogP contribution in [-0.4, -0.2) is 23.8 Å². The normalized spacial score (nSPS) is 12.6. The first-order chi connectivity index (χ1) is 5.20. The van der Waals surface area contributed by atoms with Gasteiger partial charge in [0.2, 0.25) is 0 Å². The van der Waals surface area contributed by atoms with Crippen molar-refractivity contribution in [1.29, 1.82) is 5.41 Å². The highest BCUT2D eigenvalue weighted by Crippen LogP contribution is 2.00. The minimum atomic E-state index is 0.136. The van der Waals surface area contributed by atoms with E-state index in [1.165, 1.54) is 0 Å². The lowest BCUT2D eigenvalue weighted by molar-refractivity contribution is 0.0712. The maximum atomic E-state index is 8.26. The Balaban J connectivity index is 3.29. The Labute approximate surface area is 67.0 Å². The van der Waals surface area contributed by atoms with Crippen LogP contribution in [0.3, 0.4) is 0 Å². The first-order valence-electron chi connectivity index (χ1n) is 3.79. The summed E-state index contributed by atoms with van der Waals surface area (Å²) in [5.74, 6) is 0.136. The molecule has 0 saturated heterocycles. The highest BCUT2D eigenvalue weighted by molar-refractivity contribution is 5.77. The van der Waals surface area contributed by atoms with Gasteiger partial charge in [0, 0.05) is 13.0 Å². The Morgan fingerprint density at radius 2 is 2.36 bits per heavy atom. The molecule has 0 heterocycles. The van der Waals surface area contributed by atoms with Crippen LogP contribution in [0.15, 0.2) is 0 Å². The highest BCUT2D eigenvalue weighted by Gasteiger charge is 2.02. The fourth-order valence-electron chi connectivity index (χ4n) is 0.771. The van der Waals surface area contributed by atoms with E-state index >= 15 is 0 Å². The number of hydrogen-bond donors (Lipinski definition) is 3. The third kappa shape index (κ3) is 5.82. The summed E-state index contributed by atoms with van der Waals surface area (Å²) in [7, 11) is 0. The van der Waals surface area contributed by atoms with Crippen LogP contribution in [0.4, 0.5) is 0 Å². The van der Waals surface area contributed by atoms with Crippen molar-refractivity contribution >= 4 is 5.84 Å². The number of hydrogen-bond acceptors (Lipinski definition) is 3. The molecule has 0 aliphatic heterocycles. The van der Waals surface area contributed by atoms with Crippen LogP contribution in [-0.2, 0) is 4.74 Å². The monoisotopic (exact) mass is 160 g/mol. The quantitative estimate of drug-likeness (QED) is 0.321. The lowest BCUT2D eigenvalue weighted by Crippen LogP contribution is -2.19. The number of nitrogens with one attached hydrogen (secondary N) is 2. The molecule has 66 valence electrons. The van der Waals surface area contributed by atoms with Gasteiger partial charge < -0.3 is 4.74 Å². The fourth-order valence-corrected chi connectivity index (χ4v) is 0.771. The molecular weight excluding hydrogens is 144 g/mol. The van der Waals surface area contributed by atoms with Crippen molar-refractivity contribution < 1.29 is 9.94 Å². The Kier molecular flexibility index (Phi) is 5.78. The summed E-state index contributed by atoms with van der Waals surface area (Å²) in [6.07, 6.45) is 1.45. The van der Waals surface area contributed by atoms with Gasteiger partial charge in [-0.3, -0.25) is 16.1 Å². The summed E-state index contributed by atoms with van der Waals surface area (Å²) >= 11 is 0. The number of amidine groups is 1. The average Bonchev–Trinajstić information content (AvgIpc) is 2.01.